The SMILES string of the molecule is C=C(CCCNC(=O)CCCCCCCCCCCCCCC)NCCO. The Kier molecular flexibility index (Phi) is 20.5. The highest BCUT2D eigenvalue weighted by atomic mass is 16.3. The highest BCUT2D eigenvalue weighted by Crippen LogP contribution is 2.12. The second-order valence-corrected chi connectivity index (χ2v) is 7.70. The summed E-state index contributed by atoms with van der Waals surface area (Å²) in [5.41, 5.74) is 0.926. The normalized spacial score (nSPS) is 10.7. The molecule has 4 nitrogen and oxygen atoms in total. The minimum Gasteiger partial charge on any atom is -0.395 e. The lowest BCUT2D eigenvalue weighted by molar-refractivity contribution is -0.121. The number of unbranched alkanes of at least 4 members (excludes halogenated alkanes) is 12. The zero-order chi connectivity index (χ0) is 20.0. The van der Waals surface area contributed by atoms with Crippen molar-refractivity contribution in [3.8, 4) is 0 Å². The van der Waals surface area contributed by atoms with Gasteiger partial charge < -0.3 is 15.7 Å². The fourth-order valence-corrected chi connectivity index (χ4v) is 3.24. The Labute approximate surface area is 168 Å². The van der Waals surface area contributed by atoms with Crippen molar-refractivity contribution in [2.45, 2.75) is 110 Å². The summed E-state index contributed by atoms with van der Waals surface area (Å²) in [6.45, 7) is 7.53. The topological polar surface area (TPSA) is 61.4 Å². The van der Waals surface area contributed by atoms with Crippen LogP contribution in [-0.4, -0.2) is 30.7 Å². The summed E-state index contributed by atoms with van der Waals surface area (Å²) >= 11 is 0. The number of nitrogens with one attached hydrogen (secondary N) is 2. The number of aliphatic hydroxyl groups excluding tert-OH is 1. The van der Waals surface area contributed by atoms with Crippen LogP contribution in [-0.2, 0) is 4.79 Å². The Morgan fingerprint density at radius 1 is 0.704 bits per heavy atom. The van der Waals surface area contributed by atoms with E-state index in [-0.39, 0.29) is 12.5 Å². The van der Waals surface area contributed by atoms with Gasteiger partial charge in [0, 0.05) is 25.2 Å². The highest BCUT2D eigenvalue weighted by molar-refractivity contribution is 5.75. The van der Waals surface area contributed by atoms with Crippen LogP contribution in [0.2, 0.25) is 0 Å². The molecule has 0 aromatic rings. The van der Waals surface area contributed by atoms with Gasteiger partial charge in [-0.1, -0.05) is 90.6 Å². The first-order chi connectivity index (χ1) is 13.2. The summed E-state index contributed by atoms with van der Waals surface area (Å²) in [4.78, 5) is 11.8. The first kappa shape index (κ1) is 26.0. The summed E-state index contributed by atoms with van der Waals surface area (Å²) in [7, 11) is 0. The zero-order valence-corrected chi connectivity index (χ0v) is 18.0. The number of rotatable bonds is 21. The molecule has 0 unspecified atom stereocenters. The summed E-state index contributed by atoms with van der Waals surface area (Å²) in [6.07, 6.45) is 19.7. The van der Waals surface area contributed by atoms with Gasteiger partial charge in [-0.15, -0.1) is 0 Å². The monoisotopic (exact) mass is 382 g/mol. The van der Waals surface area contributed by atoms with Gasteiger partial charge in [-0.25, -0.2) is 0 Å². The van der Waals surface area contributed by atoms with Gasteiger partial charge in [0.25, 0.3) is 0 Å². The summed E-state index contributed by atoms with van der Waals surface area (Å²) in [6, 6.07) is 0. The van der Waals surface area contributed by atoms with Crippen LogP contribution in [0.4, 0.5) is 0 Å². The van der Waals surface area contributed by atoms with Crippen molar-refractivity contribution in [3.63, 3.8) is 0 Å². The molecule has 0 rings (SSSR count). The maximum atomic E-state index is 11.8. The lowest BCUT2D eigenvalue weighted by atomic mass is 10.0. The lowest BCUT2D eigenvalue weighted by Gasteiger charge is -2.09. The highest BCUT2D eigenvalue weighted by Gasteiger charge is 2.01. The standard InChI is InChI=1S/C23H46N2O2/c1-3-4-5-6-7-8-9-10-11-12-13-14-15-18-23(27)25-19-16-17-22(2)24-20-21-26/h24,26H,2-21H2,1H3,(H,25,27). The minimum atomic E-state index is 0.120. The third kappa shape index (κ3) is 21.1. The minimum absolute atomic E-state index is 0.120. The van der Waals surface area contributed by atoms with Gasteiger partial charge in [0.2, 0.25) is 5.91 Å². The average molecular weight is 383 g/mol. The predicted octanol–water partition coefficient (Wildman–Crippen LogP) is 5.46. The maximum Gasteiger partial charge on any atom is 0.219 e. The number of carbonyl (C=O) groups is 1. The molecule has 0 atom stereocenters. The Morgan fingerprint density at radius 3 is 1.74 bits per heavy atom. The van der Waals surface area contributed by atoms with Crippen molar-refractivity contribution < 1.29 is 9.90 Å². The fourth-order valence-electron chi connectivity index (χ4n) is 3.24. The Hall–Kier alpha value is -1.03. The van der Waals surface area contributed by atoms with Crippen LogP contribution < -0.4 is 10.6 Å². The van der Waals surface area contributed by atoms with Crippen LogP contribution >= 0.6 is 0 Å². The molecule has 0 fully saturated rings. The van der Waals surface area contributed by atoms with E-state index in [1.54, 1.807) is 0 Å². The van der Waals surface area contributed by atoms with Crippen molar-refractivity contribution in [1.82, 2.24) is 10.6 Å². The molecular weight excluding hydrogens is 336 g/mol. The van der Waals surface area contributed by atoms with Crippen LogP contribution in [0.3, 0.4) is 0 Å². The second kappa shape index (κ2) is 21.3. The molecule has 0 spiro atoms. The molecule has 4 heteroatoms. The van der Waals surface area contributed by atoms with Gasteiger partial charge in [0.05, 0.1) is 6.61 Å². The molecular formula is C23H46N2O2. The first-order valence-electron chi connectivity index (χ1n) is 11.5. The first-order valence-corrected chi connectivity index (χ1v) is 11.5. The van der Waals surface area contributed by atoms with Crippen LogP contribution in [0.15, 0.2) is 12.3 Å². The fraction of sp³-hybridized carbons (Fsp3) is 0.870. The molecule has 0 aliphatic heterocycles. The summed E-state index contributed by atoms with van der Waals surface area (Å²) < 4.78 is 0. The van der Waals surface area contributed by atoms with Gasteiger partial charge in [0.15, 0.2) is 0 Å². The van der Waals surface area contributed by atoms with Gasteiger partial charge in [0.1, 0.15) is 0 Å². The third-order valence-electron chi connectivity index (χ3n) is 4.97. The number of hydrogen-bond donors (Lipinski definition) is 3. The van der Waals surface area contributed by atoms with E-state index < -0.39 is 0 Å². The molecule has 3 N–H and O–H groups in total. The maximum absolute atomic E-state index is 11.8. The van der Waals surface area contributed by atoms with Crippen LogP contribution in [0.5, 0.6) is 0 Å². The van der Waals surface area contributed by atoms with E-state index in [4.69, 9.17) is 5.11 Å². The number of carbonyl (C=O) groups excluding carboxylic acids is 1. The Bertz CT molecular complexity index is 345. The molecule has 27 heavy (non-hydrogen) atoms. The predicted molar refractivity (Wildman–Crippen MR) is 117 cm³/mol. The molecule has 160 valence electrons. The van der Waals surface area contributed by atoms with E-state index in [1.807, 2.05) is 0 Å². The van der Waals surface area contributed by atoms with E-state index in [0.29, 0.717) is 19.5 Å². The van der Waals surface area contributed by atoms with Crippen molar-refractivity contribution in [1.29, 1.82) is 0 Å². The molecule has 0 aliphatic rings. The zero-order valence-electron chi connectivity index (χ0n) is 18.0. The second-order valence-electron chi connectivity index (χ2n) is 7.70. The van der Waals surface area contributed by atoms with Gasteiger partial charge >= 0.3 is 0 Å². The van der Waals surface area contributed by atoms with Crippen molar-refractivity contribution in [2.24, 2.45) is 0 Å². The molecule has 0 radical (unpaired) electrons. The van der Waals surface area contributed by atoms with Crippen LogP contribution in [0, 0.1) is 0 Å². The molecule has 0 saturated carbocycles. The molecule has 0 heterocycles. The van der Waals surface area contributed by atoms with Crippen molar-refractivity contribution in [3.05, 3.63) is 12.3 Å². The van der Waals surface area contributed by atoms with E-state index in [1.165, 1.54) is 77.0 Å². The Balaban J connectivity index is 3.22. The lowest BCUT2D eigenvalue weighted by Crippen LogP contribution is -2.25. The van der Waals surface area contributed by atoms with E-state index in [9.17, 15) is 4.79 Å². The number of aliphatic hydroxyl groups is 1. The smallest absolute Gasteiger partial charge is 0.219 e. The Morgan fingerprint density at radius 2 is 1.22 bits per heavy atom. The van der Waals surface area contributed by atoms with Crippen molar-refractivity contribution in [2.75, 3.05) is 19.7 Å². The van der Waals surface area contributed by atoms with Crippen LogP contribution in [0.1, 0.15) is 110 Å². The number of allylic oxidation sites excluding steroid dienone is 1. The molecule has 0 aromatic heterocycles. The molecule has 1 amide bonds. The van der Waals surface area contributed by atoms with E-state index in [2.05, 4.69) is 24.1 Å². The summed E-state index contributed by atoms with van der Waals surface area (Å²) in [5.74, 6) is 0.173. The quantitative estimate of drug-likeness (QED) is 0.231. The van der Waals surface area contributed by atoms with Gasteiger partial charge in [-0.3, -0.25) is 4.79 Å². The largest absolute Gasteiger partial charge is 0.395 e. The van der Waals surface area contributed by atoms with Gasteiger partial charge in [-0.2, -0.15) is 0 Å². The van der Waals surface area contributed by atoms with Crippen LogP contribution in [0.25, 0.3) is 0 Å². The number of amides is 1. The molecule has 0 aliphatic carbocycles. The molecule has 0 saturated heterocycles. The van der Waals surface area contributed by atoms with Crippen molar-refractivity contribution >= 4 is 5.91 Å². The average Bonchev–Trinajstić information content (AvgIpc) is 2.67. The third-order valence-corrected chi connectivity index (χ3v) is 4.97. The molecule has 0 bridgehead atoms. The number of hydrogen-bond acceptors (Lipinski definition) is 3. The van der Waals surface area contributed by atoms with E-state index in [0.717, 1.165) is 25.0 Å². The van der Waals surface area contributed by atoms with Gasteiger partial charge in [-0.05, 0) is 19.3 Å². The van der Waals surface area contributed by atoms with E-state index >= 15 is 0 Å². The molecule has 0 aromatic carbocycles. The summed E-state index contributed by atoms with van der Waals surface area (Å²) in [5, 5.41) is 14.7.